The average molecular weight is 261 g/mol. The molecule has 7 heteroatoms. The molecule has 1 unspecified atom stereocenters. The molecule has 0 aromatic carbocycles. The third-order valence-electron chi connectivity index (χ3n) is 2.42. The highest BCUT2D eigenvalue weighted by Gasteiger charge is 2.23. The Kier molecular flexibility index (Phi) is 3.58. The van der Waals surface area contributed by atoms with Crippen molar-refractivity contribution in [3.8, 4) is 0 Å². The quantitative estimate of drug-likeness (QED) is 0.788. The van der Waals surface area contributed by atoms with E-state index >= 15 is 0 Å². The molecule has 5 nitrogen and oxygen atoms in total. The van der Waals surface area contributed by atoms with Crippen LogP contribution in [0.15, 0.2) is 6.33 Å². The molecule has 0 radical (unpaired) electrons. The van der Waals surface area contributed by atoms with Crippen molar-refractivity contribution in [1.29, 1.82) is 0 Å². The Morgan fingerprint density at radius 1 is 1.50 bits per heavy atom. The van der Waals surface area contributed by atoms with Crippen molar-refractivity contribution in [2.45, 2.75) is 6.42 Å². The van der Waals surface area contributed by atoms with Crippen molar-refractivity contribution in [3.63, 3.8) is 0 Å². The Hall–Kier alpha value is -0.910. The Morgan fingerprint density at radius 3 is 3.00 bits per heavy atom. The van der Waals surface area contributed by atoms with Gasteiger partial charge in [-0.1, -0.05) is 23.2 Å². The van der Waals surface area contributed by atoms with Crippen LogP contribution in [0.5, 0.6) is 0 Å². The molecule has 1 aliphatic heterocycles. The molecule has 1 aromatic heterocycles. The van der Waals surface area contributed by atoms with Crippen LogP contribution in [-0.4, -0.2) is 29.0 Å². The molecule has 16 heavy (non-hydrogen) atoms. The Balaban J connectivity index is 2.08. The molecule has 2 heterocycles. The fraction of sp³-hybridized carbons (Fsp3) is 0.444. The number of amides is 1. The summed E-state index contributed by atoms with van der Waals surface area (Å²) in [5.41, 5.74) is 0. The van der Waals surface area contributed by atoms with Crippen molar-refractivity contribution in [1.82, 2.24) is 15.3 Å². The maximum atomic E-state index is 11.8. The monoisotopic (exact) mass is 260 g/mol. The molecule has 0 bridgehead atoms. The lowest BCUT2D eigenvalue weighted by Crippen LogP contribution is -2.25. The van der Waals surface area contributed by atoms with Crippen LogP contribution in [0.1, 0.15) is 6.42 Å². The number of hydrogen-bond acceptors (Lipinski definition) is 4. The molecule has 1 aliphatic rings. The maximum Gasteiger partial charge on any atom is 0.230 e. The van der Waals surface area contributed by atoms with Crippen LogP contribution in [0.4, 0.5) is 5.82 Å². The van der Waals surface area contributed by atoms with Gasteiger partial charge in [0.15, 0.2) is 11.0 Å². The molecule has 1 fully saturated rings. The predicted molar refractivity (Wildman–Crippen MR) is 61.7 cm³/mol. The van der Waals surface area contributed by atoms with Crippen LogP contribution in [0.3, 0.4) is 0 Å². The van der Waals surface area contributed by atoms with Gasteiger partial charge in [-0.05, 0) is 13.0 Å². The minimum absolute atomic E-state index is 0.0372. The van der Waals surface area contributed by atoms with Crippen LogP contribution >= 0.6 is 23.2 Å². The number of anilines is 1. The van der Waals surface area contributed by atoms with Crippen LogP contribution in [0.25, 0.3) is 0 Å². The summed E-state index contributed by atoms with van der Waals surface area (Å²) in [5, 5.41) is 6.06. The van der Waals surface area contributed by atoms with E-state index in [0.717, 1.165) is 13.0 Å². The third kappa shape index (κ3) is 2.42. The number of rotatable bonds is 2. The highest BCUT2D eigenvalue weighted by atomic mass is 35.5. The summed E-state index contributed by atoms with van der Waals surface area (Å²) in [7, 11) is 0. The normalized spacial score (nSPS) is 19.8. The van der Waals surface area contributed by atoms with E-state index in [1.54, 1.807) is 0 Å². The van der Waals surface area contributed by atoms with E-state index in [2.05, 4.69) is 20.6 Å². The van der Waals surface area contributed by atoms with Gasteiger partial charge in [0.1, 0.15) is 11.3 Å². The second-order valence-corrected chi connectivity index (χ2v) is 4.24. The first-order valence-corrected chi connectivity index (χ1v) is 5.61. The Bertz CT molecular complexity index is 406. The topological polar surface area (TPSA) is 66.9 Å². The minimum atomic E-state index is -0.0957. The highest BCUT2D eigenvalue weighted by molar-refractivity contribution is 6.42. The van der Waals surface area contributed by atoms with Crippen LogP contribution in [-0.2, 0) is 4.79 Å². The maximum absolute atomic E-state index is 11.8. The van der Waals surface area contributed by atoms with Gasteiger partial charge in [0.05, 0.1) is 5.92 Å². The lowest BCUT2D eigenvalue weighted by atomic mass is 10.1. The van der Waals surface area contributed by atoms with Crippen LogP contribution < -0.4 is 10.6 Å². The number of carbonyl (C=O) groups excluding carboxylic acids is 1. The molecule has 0 aliphatic carbocycles. The molecule has 1 amide bonds. The number of carbonyl (C=O) groups is 1. The molecule has 86 valence electrons. The molecule has 1 atom stereocenters. The van der Waals surface area contributed by atoms with Crippen molar-refractivity contribution < 1.29 is 4.79 Å². The molecule has 1 saturated heterocycles. The first-order valence-electron chi connectivity index (χ1n) is 4.86. The zero-order valence-corrected chi connectivity index (χ0v) is 9.85. The van der Waals surface area contributed by atoms with E-state index in [-0.39, 0.29) is 27.8 Å². The highest BCUT2D eigenvalue weighted by Crippen LogP contribution is 2.26. The average Bonchev–Trinajstić information content (AvgIpc) is 2.78. The number of nitrogens with zero attached hydrogens (tertiary/aromatic N) is 2. The summed E-state index contributed by atoms with van der Waals surface area (Å²) >= 11 is 11.6. The van der Waals surface area contributed by atoms with E-state index in [9.17, 15) is 4.79 Å². The van der Waals surface area contributed by atoms with Crippen LogP contribution in [0, 0.1) is 5.92 Å². The van der Waals surface area contributed by atoms with E-state index in [1.807, 2.05) is 0 Å². The smallest absolute Gasteiger partial charge is 0.230 e. The lowest BCUT2D eigenvalue weighted by Gasteiger charge is -2.10. The lowest BCUT2D eigenvalue weighted by molar-refractivity contribution is -0.119. The van der Waals surface area contributed by atoms with Gasteiger partial charge >= 0.3 is 0 Å². The van der Waals surface area contributed by atoms with Gasteiger partial charge in [0, 0.05) is 6.54 Å². The summed E-state index contributed by atoms with van der Waals surface area (Å²) in [6.45, 7) is 1.54. The van der Waals surface area contributed by atoms with E-state index in [0.29, 0.717) is 6.54 Å². The Morgan fingerprint density at radius 2 is 2.31 bits per heavy atom. The SMILES string of the molecule is O=C(Nc1ncnc(Cl)c1Cl)C1CCNC1. The summed E-state index contributed by atoms with van der Waals surface area (Å²) in [6.07, 6.45) is 2.08. The summed E-state index contributed by atoms with van der Waals surface area (Å²) in [6, 6.07) is 0. The minimum Gasteiger partial charge on any atom is -0.316 e. The standard InChI is InChI=1S/C9H10Cl2N4O/c10-6-7(11)13-4-14-8(6)15-9(16)5-1-2-12-3-5/h4-5,12H,1-3H2,(H,13,14,15,16). The zero-order valence-electron chi connectivity index (χ0n) is 8.33. The van der Waals surface area contributed by atoms with Gasteiger partial charge < -0.3 is 10.6 Å². The second kappa shape index (κ2) is 4.95. The first-order chi connectivity index (χ1) is 7.68. The largest absolute Gasteiger partial charge is 0.316 e. The molecular formula is C9H10Cl2N4O. The van der Waals surface area contributed by atoms with Gasteiger partial charge in [-0.3, -0.25) is 4.79 Å². The van der Waals surface area contributed by atoms with Crippen molar-refractivity contribution in [3.05, 3.63) is 16.5 Å². The number of halogens is 2. The fourth-order valence-corrected chi connectivity index (χ4v) is 1.81. The zero-order chi connectivity index (χ0) is 11.5. The number of aromatic nitrogens is 2. The van der Waals surface area contributed by atoms with E-state index in [1.165, 1.54) is 6.33 Å². The molecule has 0 saturated carbocycles. The third-order valence-corrected chi connectivity index (χ3v) is 3.16. The summed E-state index contributed by atoms with van der Waals surface area (Å²) < 4.78 is 0. The van der Waals surface area contributed by atoms with E-state index < -0.39 is 0 Å². The number of nitrogens with one attached hydrogen (secondary N) is 2. The summed E-state index contributed by atoms with van der Waals surface area (Å²) in [4.78, 5) is 19.3. The van der Waals surface area contributed by atoms with Gasteiger partial charge in [0.25, 0.3) is 0 Å². The predicted octanol–water partition coefficient (Wildman–Crippen LogP) is 1.33. The van der Waals surface area contributed by atoms with Crippen molar-refractivity contribution in [2.75, 3.05) is 18.4 Å². The molecule has 1 aromatic rings. The fourth-order valence-electron chi connectivity index (χ4n) is 1.53. The van der Waals surface area contributed by atoms with Crippen molar-refractivity contribution >= 4 is 34.9 Å². The van der Waals surface area contributed by atoms with Gasteiger partial charge in [-0.25, -0.2) is 9.97 Å². The first kappa shape index (κ1) is 11.6. The Labute approximate surface area is 103 Å². The van der Waals surface area contributed by atoms with Gasteiger partial charge in [0.2, 0.25) is 5.91 Å². The molecule has 0 spiro atoms. The van der Waals surface area contributed by atoms with Gasteiger partial charge in [-0.15, -0.1) is 0 Å². The molecular weight excluding hydrogens is 251 g/mol. The van der Waals surface area contributed by atoms with E-state index in [4.69, 9.17) is 23.2 Å². The number of hydrogen-bond donors (Lipinski definition) is 2. The summed E-state index contributed by atoms with van der Waals surface area (Å²) in [5.74, 6) is 0.130. The van der Waals surface area contributed by atoms with Crippen molar-refractivity contribution in [2.24, 2.45) is 5.92 Å². The second-order valence-electron chi connectivity index (χ2n) is 3.51. The van der Waals surface area contributed by atoms with Gasteiger partial charge in [-0.2, -0.15) is 0 Å². The molecule has 2 N–H and O–H groups in total. The molecule has 2 rings (SSSR count). The van der Waals surface area contributed by atoms with Crippen LogP contribution in [0.2, 0.25) is 10.2 Å².